The van der Waals surface area contributed by atoms with Crippen LogP contribution in [0.1, 0.15) is 66.5 Å². The Kier molecular flexibility index (Phi) is 12.4. The maximum absolute atomic E-state index is 13.2. The summed E-state index contributed by atoms with van der Waals surface area (Å²) in [5.41, 5.74) is 6.60. The van der Waals surface area contributed by atoms with Crippen LogP contribution in [-0.2, 0) is 25.6 Å². The van der Waals surface area contributed by atoms with Crippen LogP contribution in [0.3, 0.4) is 0 Å². The van der Waals surface area contributed by atoms with Crippen molar-refractivity contribution in [1.82, 2.24) is 25.9 Å². The molecule has 6 unspecified atom stereocenters. The fourth-order valence-electron chi connectivity index (χ4n) is 3.52. The molecule has 1 aromatic rings. The quantitative estimate of drug-likeness (QED) is 0.210. The lowest BCUT2D eigenvalue weighted by Gasteiger charge is -2.29. The number of carboxylic acids is 1. The summed E-state index contributed by atoms with van der Waals surface area (Å²) in [6, 6.07) is -3.82. The Labute approximate surface area is 207 Å². The minimum Gasteiger partial charge on any atom is -0.480 e. The van der Waals surface area contributed by atoms with E-state index >= 15 is 0 Å². The fraction of sp³-hybridized carbons (Fsp3) is 0.708. The second-order valence-electron chi connectivity index (χ2n) is 9.65. The molecule has 0 bridgehead atoms. The molecule has 198 valence electrons. The molecule has 1 rings (SSSR count). The first-order valence-electron chi connectivity index (χ1n) is 12.3. The number of carbonyl (C=O) groups is 4. The monoisotopic (exact) mass is 494 g/mol. The van der Waals surface area contributed by atoms with Crippen LogP contribution in [0.25, 0.3) is 0 Å². The smallest absolute Gasteiger partial charge is 0.326 e. The van der Waals surface area contributed by atoms with Crippen LogP contribution in [-0.4, -0.2) is 62.9 Å². The molecule has 3 amide bonds. The summed E-state index contributed by atoms with van der Waals surface area (Å²) in [4.78, 5) is 57.4. The largest absolute Gasteiger partial charge is 0.480 e. The van der Waals surface area contributed by atoms with Crippen LogP contribution >= 0.6 is 0 Å². The van der Waals surface area contributed by atoms with Gasteiger partial charge >= 0.3 is 5.97 Å². The molecule has 0 saturated carbocycles. The van der Waals surface area contributed by atoms with Crippen LogP contribution in [0.2, 0.25) is 0 Å². The van der Waals surface area contributed by atoms with Gasteiger partial charge in [-0.2, -0.15) is 0 Å². The summed E-state index contributed by atoms with van der Waals surface area (Å²) in [6.45, 7) is 11.3. The number of carboxylic acid groups (broad SMARTS) is 1. The number of imidazole rings is 1. The summed E-state index contributed by atoms with van der Waals surface area (Å²) < 4.78 is 0. The zero-order valence-corrected chi connectivity index (χ0v) is 21.6. The lowest BCUT2D eigenvalue weighted by molar-refractivity contribution is -0.142. The van der Waals surface area contributed by atoms with E-state index in [0.717, 1.165) is 0 Å². The predicted molar refractivity (Wildman–Crippen MR) is 132 cm³/mol. The molecule has 0 spiro atoms. The van der Waals surface area contributed by atoms with E-state index in [1.165, 1.54) is 12.5 Å². The Morgan fingerprint density at radius 1 is 0.943 bits per heavy atom. The fourth-order valence-corrected chi connectivity index (χ4v) is 3.52. The molecule has 7 N–H and O–H groups in total. The van der Waals surface area contributed by atoms with Gasteiger partial charge in [0.25, 0.3) is 0 Å². The van der Waals surface area contributed by atoms with E-state index < -0.39 is 47.9 Å². The van der Waals surface area contributed by atoms with Crippen molar-refractivity contribution in [3.63, 3.8) is 0 Å². The molecule has 0 aromatic carbocycles. The number of rotatable bonds is 15. The maximum atomic E-state index is 13.2. The van der Waals surface area contributed by atoms with Crippen molar-refractivity contribution < 1.29 is 24.3 Å². The number of carbonyl (C=O) groups excluding carboxylic acids is 3. The van der Waals surface area contributed by atoms with E-state index in [1.54, 1.807) is 0 Å². The van der Waals surface area contributed by atoms with Crippen molar-refractivity contribution in [2.24, 2.45) is 23.5 Å². The third-order valence-corrected chi connectivity index (χ3v) is 6.29. The summed E-state index contributed by atoms with van der Waals surface area (Å²) in [5.74, 6) is -2.97. The van der Waals surface area contributed by atoms with Crippen molar-refractivity contribution in [1.29, 1.82) is 0 Å². The van der Waals surface area contributed by atoms with Gasteiger partial charge in [0.1, 0.15) is 18.1 Å². The zero-order valence-electron chi connectivity index (χ0n) is 21.6. The lowest BCUT2D eigenvalue weighted by Crippen LogP contribution is -2.59. The van der Waals surface area contributed by atoms with Gasteiger partial charge in [-0.25, -0.2) is 9.78 Å². The molecule has 0 aliphatic carbocycles. The number of aromatic nitrogens is 2. The molecule has 0 saturated heterocycles. The van der Waals surface area contributed by atoms with Crippen molar-refractivity contribution in [3.05, 3.63) is 18.2 Å². The topological polar surface area (TPSA) is 179 Å². The van der Waals surface area contributed by atoms with Gasteiger partial charge in [-0.3, -0.25) is 14.4 Å². The first kappa shape index (κ1) is 30.1. The van der Waals surface area contributed by atoms with Crippen LogP contribution in [0.4, 0.5) is 0 Å². The molecule has 1 heterocycles. The number of aromatic amines is 1. The Bertz CT molecular complexity index is 828. The number of nitrogens with two attached hydrogens (primary N) is 1. The Balaban J connectivity index is 3.01. The minimum atomic E-state index is -1.20. The maximum Gasteiger partial charge on any atom is 0.326 e. The predicted octanol–water partition coefficient (Wildman–Crippen LogP) is 0.957. The molecular formula is C24H42N6O5. The second kappa shape index (κ2) is 14.4. The second-order valence-corrected chi connectivity index (χ2v) is 9.65. The highest BCUT2D eigenvalue weighted by Crippen LogP contribution is 2.13. The SMILES string of the molecule is CCC(C)C(N)C(=O)NC(C(=O)NC(CC(C)C)C(=O)NC(Cc1cnc[nH]1)C(=O)O)C(C)CC. The molecule has 35 heavy (non-hydrogen) atoms. The molecule has 1 aromatic heterocycles. The van der Waals surface area contributed by atoms with E-state index in [2.05, 4.69) is 25.9 Å². The molecule has 11 nitrogen and oxygen atoms in total. The average Bonchev–Trinajstić information content (AvgIpc) is 3.32. The van der Waals surface area contributed by atoms with E-state index in [1.807, 2.05) is 41.5 Å². The van der Waals surface area contributed by atoms with Crippen LogP contribution in [0.5, 0.6) is 0 Å². The summed E-state index contributed by atoms with van der Waals surface area (Å²) in [6.07, 6.45) is 4.55. The number of aliphatic carboxylic acids is 1. The normalized spacial score (nSPS) is 16.5. The van der Waals surface area contributed by atoms with Gasteiger partial charge in [0, 0.05) is 18.3 Å². The van der Waals surface area contributed by atoms with Crippen molar-refractivity contribution >= 4 is 23.7 Å². The third kappa shape index (κ3) is 9.67. The van der Waals surface area contributed by atoms with Crippen molar-refractivity contribution in [2.45, 2.75) is 91.4 Å². The number of hydrogen-bond acceptors (Lipinski definition) is 6. The molecule has 11 heteroatoms. The van der Waals surface area contributed by atoms with Gasteiger partial charge in [0.05, 0.1) is 12.4 Å². The zero-order chi connectivity index (χ0) is 26.7. The molecule has 0 aliphatic rings. The van der Waals surface area contributed by atoms with E-state index in [-0.39, 0.29) is 24.2 Å². The number of nitrogens with zero attached hydrogens (tertiary/aromatic N) is 1. The standard InChI is InChI=1S/C24H42N6O5/c1-7-14(5)19(25)22(32)30-20(15(6)8-2)23(33)28-17(9-13(3)4)21(31)29-18(24(34)35)10-16-11-26-12-27-16/h11-15,17-20H,7-10,25H2,1-6H3,(H,26,27)(H,28,33)(H,29,31)(H,30,32)(H,34,35). The third-order valence-electron chi connectivity index (χ3n) is 6.29. The van der Waals surface area contributed by atoms with Crippen LogP contribution in [0.15, 0.2) is 12.5 Å². The van der Waals surface area contributed by atoms with Gasteiger partial charge in [-0.15, -0.1) is 0 Å². The Hall–Kier alpha value is -2.95. The first-order chi connectivity index (χ1) is 16.4. The van der Waals surface area contributed by atoms with Crippen molar-refractivity contribution in [3.8, 4) is 0 Å². The highest BCUT2D eigenvalue weighted by molar-refractivity contribution is 5.94. The van der Waals surface area contributed by atoms with E-state index in [9.17, 15) is 24.3 Å². The Morgan fingerprint density at radius 3 is 2.03 bits per heavy atom. The molecular weight excluding hydrogens is 452 g/mol. The van der Waals surface area contributed by atoms with Gasteiger partial charge in [0.15, 0.2) is 0 Å². The minimum absolute atomic E-state index is 0.0163. The Morgan fingerprint density at radius 2 is 1.54 bits per heavy atom. The first-order valence-corrected chi connectivity index (χ1v) is 12.3. The van der Waals surface area contributed by atoms with Crippen molar-refractivity contribution in [2.75, 3.05) is 0 Å². The van der Waals surface area contributed by atoms with Crippen LogP contribution < -0.4 is 21.7 Å². The van der Waals surface area contributed by atoms with E-state index in [4.69, 9.17) is 5.73 Å². The molecule has 6 atom stereocenters. The number of nitrogens with one attached hydrogen (secondary N) is 4. The average molecular weight is 495 g/mol. The van der Waals surface area contributed by atoms with Gasteiger partial charge in [-0.1, -0.05) is 54.4 Å². The molecule has 0 aliphatic heterocycles. The highest BCUT2D eigenvalue weighted by Gasteiger charge is 2.33. The number of amides is 3. The van der Waals surface area contributed by atoms with E-state index in [0.29, 0.717) is 25.0 Å². The number of hydrogen-bond donors (Lipinski definition) is 6. The summed E-state index contributed by atoms with van der Waals surface area (Å²) in [7, 11) is 0. The van der Waals surface area contributed by atoms with Gasteiger partial charge in [0.2, 0.25) is 17.7 Å². The summed E-state index contributed by atoms with van der Waals surface area (Å²) in [5, 5.41) is 17.6. The summed E-state index contributed by atoms with van der Waals surface area (Å²) >= 11 is 0. The van der Waals surface area contributed by atoms with Crippen LogP contribution in [0, 0.1) is 17.8 Å². The lowest BCUT2D eigenvalue weighted by atomic mass is 9.94. The molecule has 0 fully saturated rings. The number of H-pyrrole nitrogens is 1. The molecule has 0 radical (unpaired) electrons. The van der Waals surface area contributed by atoms with Gasteiger partial charge in [-0.05, 0) is 24.2 Å². The van der Waals surface area contributed by atoms with Gasteiger partial charge < -0.3 is 31.8 Å². The highest BCUT2D eigenvalue weighted by atomic mass is 16.4.